The normalized spacial score (nSPS) is 13.9. The van der Waals surface area contributed by atoms with Crippen molar-refractivity contribution >= 4 is 39.5 Å². The Morgan fingerprint density at radius 2 is 0.465 bits per heavy atom. The van der Waals surface area contributed by atoms with E-state index in [1.54, 1.807) is 0 Å². The summed E-state index contributed by atoms with van der Waals surface area (Å²) in [4.78, 5) is 72.9. The fourth-order valence-electron chi connectivity index (χ4n) is 12.4. The molecular weight excluding hydrogens is 1290 g/mol. The summed E-state index contributed by atoms with van der Waals surface area (Å²) in [5.41, 5.74) is 0. The van der Waals surface area contributed by atoms with Crippen LogP contribution in [0.15, 0.2) is 0 Å². The number of phosphoric ester groups is 2. The predicted molar refractivity (Wildman–Crippen MR) is 405 cm³/mol. The molecule has 19 heteroatoms. The Morgan fingerprint density at radius 1 is 0.273 bits per heavy atom. The molecule has 0 aliphatic heterocycles. The maximum Gasteiger partial charge on any atom is 0.472 e. The van der Waals surface area contributed by atoms with Crippen LogP contribution >= 0.6 is 15.6 Å². The molecule has 0 saturated carbocycles. The minimum Gasteiger partial charge on any atom is -0.462 e. The molecule has 0 aromatic carbocycles. The van der Waals surface area contributed by atoms with Crippen molar-refractivity contribution in [1.29, 1.82) is 0 Å². The van der Waals surface area contributed by atoms with Crippen molar-refractivity contribution in [1.82, 2.24) is 0 Å². The number of ether oxygens (including phenoxy) is 4. The van der Waals surface area contributed by atoms with Gasteiger partial charge in [0, 0.05) is 25.7 Å². The number of carbonyl (C=O) groups is 4. The molecule has 0 bridgehead atoms. The maximum absolute atomic E-state index is 13.1. The second kappa shape index (κ2) is 73.0. The number of carbonyl (C=O) groups excluding carboxylic acids is 4. The second-order valence-electron chi connectivity index (χ2n) is 29.3. The Hall–Kier alpha value is -1.94. The number of esters is 4. The lowest BCUT2D eigenvalue weighted by atomic mass is 10.0. The Labute approximate surface area is 607 Å². The van der Waals surface area contributed by atoms with Gasteiger partial charge in [-0.15, -0.1) is 0 Å². The second-order valence-corrected chi connectivity index (χ2v) is 32.2. The van der Waals surface area contributed by atoms with E-state index in [1.807, 2.05) is 0 Å². The zero-order chi connectivity index (χ0) is 72.7. The highest BCUT2D eigenvalue weighted by molar-refractivity contribution is 7.47. The first kappa shape index (κ1) is 97.1. The van der Waals surface area contributed by atoms with Gasteiger partial charge in [-0.2, -0.15) is 0 Å². The number of hydrogen-bond donors (Lipinski definition) is 3. The third-order valence-corrected chi connectivity index (χ3v) is 20.7. The van der Waals surface area contributed by atoms with Crippen LogP contribution in [-0.4, -0.2) is 96.7 Å². The summed E-state index contributed by atoms with van der Waals surface area (Å²) in [5.74, 6) is -1.40. The first-order chi connectivity index (χ1) is 48.0. The Kier molecular flexibility index (Phi) is 71.6. The van der Waals surface area contributed by atoms with Crippen molar-refractivity contribution in [3.63, 3.8) is 0 Å². The van der Waals surface area contributed by atoms with Crippen molar-refractivity contribution in [3.8, 4) is 0 Å². The minimum absolute atomic E-state index is 0.107. The van der Waals surface area contributed by atoms with Crippen LogP contribution in [0, 0.1) is 5.92 Å². The summed E-state index contributed by atoms with van der Waals surface area (Å²) in [6.07, 6.45) is 64.0. The van der Waals surface area contributed by atoms with Gasteiger partial charge in [0.1, 0.15) is 19.3 Å². The molecule has 0 aromatic heterocycles. The van der Waals surface area contributed by atoms with Crippen LogP contribution in [0.5, 0.6) is 0 Å². The van der Waals surface area contributed by atoms with Gasteiger partial charge in [0.2, 0.25) is 0 Å². The van der Waals surface area contributed by atoms with Gasteiger partial charge in [0.25, 0.3) is 0 Å². The minimum atomic E-state index is -4.96. The summed E-state index contributed by atoms with van der Waals surface area (Å²) >= 11 is 0. The molecule has 0 aromatic rings. The van der Waals surface area contributed by atoms with Gasteiger partial charge in [-0.25, -0.2) is 9.13 Å². The fourth-order valence-corrected chi connectivity index (χ4v) is 14.0. The SMILES string of the molecule is CCCCCCCCCCCCCCCCCCCCCCCC(=O)O[C@H](COC(=O)CCCCCCCCCCCCCCCCCC)COP(=O)(O)OC[C@@H](O)COP(=O)(O)OC[C@@H](COC(=O)CCCCCCCCCC(C)C)OC(=O)CCCCCCCCCCCCCC. The van der Waals surface area contributed by atoms with E-state index in [9.17, 15) is 43.2 Å². The largest absolute Gasteiger partial charge is 0.472 e. The topological polar surface area (TPSA) is 237 Å². The molecule has 0 radical (unpaired) electrons. The quantitative estimate of drug-likeness (QED) is 0.0222. The van der Waals surface area contributed by atoms with Crippen molar-refractivity contribution in [2.45, 2.75) is 445 Å². The first-order valence-electron chi connectivity index (χ1n) is 41.6. The van der Waals surface area contributed by atoms with Crippen LogP contribution in [-0.2, 0) is 65.4 Å². The highest BCUT2D eigenvalue weighted by atomic mass is 31.2. The third-order valence-electron chi connectivity index (χ3n) is 18.8. The molecule has 0 saturated heterocycles. The molecule has 0 aliphatic rings. The van der Waals surface area contributed by atoms with Crippen LogP contribution in [0.4, 0.5) is 0 Å². The van der Waals surface area contributed by atoms with Crippen molar-refractivity contribution in [2.75, 3.05) is 39.6 Å². The van der Waals surface area contributed by atoms with E-state index in [0.29, 0.717) is 31.6 Å². The van der Waals surface area contributed by atoms with Crippen LogP contribution < -0.4 is 0 Å². The monoisotopic (exact) mass is 1450 g/mol. The Morgan fingerprint density at radius 3 is 0.687 bits per heavy atom. The molecule has 0 aliphatic carbocycles. The van der Waals surface area contributed by atoms with Crippen molar-refractivity contribution < 1.29 is 80.2 Å². The predicted octanol–water partition coefficient (Wildman–Crippen LogP) is 24.0. The van der Waals surface area contributed by atoms with Crippen molar-refractivity contribution in [2.24, 2.45) is 5.92 Å². The lowest BCUT2D eigenvalue weighted by Crippen LogP contribution is -2.30. The van der Waals surface area contributed by atoms with E-state index in [1.165, 1.54) is 244 Å². The van der Waals surface area contributed by atoms with E-state index >= 15 is 0 Å². The molecule has 0 spiro atoms. The number of unbranched alkanes of at least 4 members (excludes halogenated alkanes) is 52. The molecule has 2 unspecified atom stereocenters. The average molecular weight is 1450 g/mol. The van der Waals surface area contributed by atoms with Gasteiger partial charge >= 0.3 is 39.5 Å². The number of aliphatic hydroxyl groups excluding tert-OH is 1. The molecule has 588 valence electrons. The number of rotatable bonds is 80. The van der Waals surface area contributed by atoms with E-state index in [-0.39, 0.29) is 25.7 Å². The Bertz CT molecular complexity index is 1890. The third kappa shape index (κ3) is 74.1. The summed E-state index contributed by atoms with van der Waals surface area (Å²) in [6, 6.07) is 0. The highest BCUT2D eigenvalue weighted by Crippen LogP contribution is 2.45. The lowest BCUT2D eigenvalue weighted by Gasteiger charge is -2.21. The summed E-state index contributed by atoms with van der Waals surface area (Å²) in [7, 11) is -9.91. The summed E-state index contributed by atoms with van der Waals surface area (Å²) in [6.45, 7) is 7.26. The van der Waals surface area contributed by atoms with Gasteiger partial charge in [-0.1, -0.05) is 375 Å². The Balaban J connectivity index is 5.21. The summed E-state index contributed by atoms with van der Waals surface area (Å²) in [5, 5.41) is 10.6. The fraction of sp³-hybridized carbons (Fsp3) is 0.950. The lowest BCUT2D eigenvalue weighted by molar-refractivity contribution is -0.161. The molecule has 3 N–H and O–H groups in total. The van der Waals surface area contributed by atoms with Crippen LogP contribution in [0.25, 0.3) is 0 Å². The molecule has 0 heterocycles. The van der Waals surface area contributed by atoms with Crippen LogP contribution in [0.1, 0.15) is 426 Å². The molecule has 0 amide bonds. The number of hydrogen-bond acceptors (Lipinski definition) is 15. The summed E-state index contributed by atoms with van der Waals surface area (Å²) < 4.78 is 68.6. The van der Waals surface area contributed by atoms with Gasteiger partial charge in [0.05, 0.1) is 26.4 Å². The molecule has 5 atom stereocenters. The number of phosphoric acid groups is 2. The zero-order valence-electron chi connectivity index (χ0n) is 64.6. The highest BCUT2D eigenvalue weighted by Gasteiger charge is 2.30. The first-order valence-corrected chi connectivity index (χ1v) is 44.6. The maximum atomic E-state index is 13.1. The zero-order valence-corrected chi connectivity index (χ0v) is 66.4. The van der Waals surface area contributed by atoms with Crippen LogP contribution in [0.3, 0.4) is 0 Å². The van der Waals surface area contributed by atoms with E-state index in [0.717, 1.165) is 96.3 Å². The molecule has 99 heavy (non-hydrogen) atoms. The van der Waals surface area contributed by atoms with Gasteiger partial charge < -0.3 is 33.8 Å². The van der Waals surface area contributed by atoms with E-state index in [4.69, 9.17) is 37.0 Å². The molecule has 0 fully saturated rings. The van der Waals surface area contributed by atoms with E-state index < -0.39 is 97.5 Å². The molecular formula is C80H156O17P2. The van der Waals surface area contributed by atoms with E-state index in [2.05, 4.69) is 34.6 Å². The molecule has 17 nitrogen and oxygen atoms in total. The van der Waals surface area contributed by atoms with Crippen molar-refractivity contribution in [3.05, 3.63) is 0 Å². The van der Waals surface area contributed by atoms with Crippen LogP contribution in [0.2, 0.25) is 0 Å². The number of aliphatic hydroxyl groups is 1. The molecule has 0 rings (SSSR count). The standard InChI is InChI=1S/C80H156O17P2/c1-6-9-12-15-18-21-24-27-29-31-32-33-34-35-37-39-42-45-50-56-61-66-80(85)96-75(69-90-77(82)63-58-53-48-43-41-38-36-30-28-25-22-19-16-13-10-7-2)71-94-98(86,87)92-67-74(81)68-93-99(88,89)95-72-76(70-91-78(83)64-59-54-51-46-47-52-57-62-73(4)5)97-79(84)65-60-55-49-44-40-26-23-20-17-14-11-8-3/h73-76,81H,6-72H2,1-5H3,(H,86,87)(H,88,89)/t74-,75-,76-/m1/s1. The average Bonchev–Trinajstić information content (AvgIpc) is 1.04. The van der Waals surface area contributed by atoms with Gasteiger partial charge in [-0.3, -0.25) is 37.3 Å². The van der Waals surface area contributed by atoms with Gasteiger partial charge in [0.15, 0.2) is 12.2 Å². The smallest absolute Gasteiger partial charge is 0.462 e. The van der Waals surface area contributed by atoms with Gasteiger partial charge in [-0.05, 0) is 31.6 Å².